The summed E-state index contributed by atoms with van der Waals surface area (Å²) in [6.07, 6.45) is 5.81. The Morgan fingerprint density at radius 3 is 2.81 bits per heavy atom. The number of nitrogens with zero attached hydrogens (tertiary/aromatic N) is 3. The van der Waals surface area contributed by atoms with Crippen LogP contribution in [0.25, 0.3) is 0 Å². The Morgan fingerprint density at radius 2 is 2.06 bits per heavy atom. The van der Waals surface area contributed by atoms with E-state index in [0.717, 1.165) is 42.6 Å². The molecule has 32 heavy (non-hydrogen) atoms. The average molecular weight is 469 g/mol. The Hall–Kier alpha value is -2.83. The van der Waals surface area contributed by atoms with Gasteiger partial charge in [-0.2, -0.15) is 5.26 Å². The number of aryl methyl sites for hydroxylation is 1. The molecule has 7 nitrogen and oxygen atoms in total. The van der Waals surface area contributed by atoms with Crippen molar-refractivity contribution in [3.8, 4) is 11.8 Å². The summed E-state index contributed by atoms with van der Waals surface area (Å²) in [6, 6.07) is 9.96. The van der Waals surface area contributed by atoms with Gasteiger partial charge in [0.05, 0.1) is 24.3 Å². The first-order chi connectivity index (χ1) is 15.6. The predicted molar refractivity (Wildman–Crippen MR) is 124 cm³/mol. The highest BCUT2D eigenvalue weighted by atomic mass is 32.2. The molecule has 1 aliphatic carbocycles. The van der Waals surface area contributed by atoms with Crippen molar-refractivity contribution >= 4 is 34.0 Å². The van der Waals surface area contributed by atoms with Crippen molar-refractivity contribution in [2.24, 2.45) is 0 Å². The van der Waals surface area contributed by atoms with E-state index in [1.54, 1.807) is 14.0 Å². The van der Waals surface area contributed by atoms with Crippen molar-refractivity contribution in [2.45, 2.75) is 55.9 Å². The molecule has 1 N–H and O–H groups in total. The molecule has 0 saturated carbocycles. The lowest BCUT2D eigenvalue weighted by atomic mass is 10.1. The molecule has 1 atom stereocenters. The third-order valence-electron chi connectivity index (χ3n) is 5.38. The molecule has 0 saturated heterocycles. The van der Waals surface area contributed by atoms with Crippen LogP contribution >= 0.6 is 23.1 Å². The molecule has 0 spiro atoms. The molecule has 0 aliphatic heterocycles. The lowest BCUT2D eigenvalue weighted by Gasteiger charge is -2.09. The largest absolute Gasteiger partial charge is 0.497 e. The number of aromatic nitrogens is 2. The average Bonchev–Trinajstić information content (AvgIpc) is 3.29. The summed E-state index contributed by atoms with van der Waals surface area (Å²) >= 11 is 2.75. The van der Waals surface area contributed by atoms with Gasteiger partial charge < -0.3 is 14.5 Å². The number of amides is 1. The maximum Gasteiger partial charge on any atom is 0.277 e. The lowest BCUT2D eigenvalue weighted by Crippen LogP contribution is -2.22. The molecule has 0 bridgehead atoms. The van der Waals surface area contributed by atoms with Gasteiger partial charge in [-0.25, -0.2) is 0 Å². The molecule has 2 heterocycles. The fourth-order valence-corrected chi connectivity index (χ4v) is 5.59. The Bertz CT molecular complexity index is 1130. The second-order valence-electron chi connectivity index (χ2n) is 7.62. The van der Waals surface area contributed by atoms with E-state index >= 15 is 0 Å². The molecule has 3 aromatic rings. The number of hydrogen-bond donors (Lipinski definition) is 1. The molecule has 0 unspecified atom stereocenters. The first-order valence-electron chi connectivity index (χ1n) is 10.5. The van der Waals surface area contributed by atoms with Crippen LogP contribution < -0.4 is 10.1 Å². The van der Waals surface area contributed by atoms with E-state index < -0.39 is 5.25 Å². The molecule has 0 radical (unpaired) electrons. The fourth-order valence-electron chi connectivity index (χ4n) is 3.64. The maximum atomic E-state index is 12.8. The monoisotopic (exact) mass is 468 g/mol. The van der Waals surface area contributed by atoms with Crippen LogP contribution in [-0.2, 0) is 24.1 Å². The number of carbonyl (C=O) groups excluding carboxylic acids is 1. The molecule has 0 fully saturated rings. The van der Waals surface area contributed by atoms with Gasteiger partial charge in [-0.3, -0.25) is 4.79 Å². The van der Waals surface area contributed by atoms with Gasteiger partial charge in [0.25, 0.3) is 5.22 Å². The predicted octanol–water partition coefficient (Wildman–Crippen LogP) is 4.99. The van der Waals surface area contributed by atoms with Crippen LogP contribution in [0.5, 0.6) is 5.75 Å². The summed E-state index contributed by atoms with van der Waals surface area (Å²) in [5, 5.41) is 21.3. The molecule has 1 aliphatic rings. The van der Waals surface area contributed by atoms with Crippen LogP contribution in [0.2, 0.25) is 0 Å². The van der Waals surface area contributed by atoms with Crippen molar-refractivity contribution in [1.82, 2.24) is 10.2 Å². The van der Waals surface area contributed by atoms with Crippen molar-refractivity contribution in [2.75, 3.05) is 12.4 Å². The summed E-state index contributed by atoms with van der Waals surface area (Å²) in [7, 11) is 1.63. The van der Waals surface area contributed by atoms with E-state index in [2.05, 4.69) is 21.6 Å². The first-order valence-corrected chi connectivity index (χ1v) is 12.2. The number of hydrogen-bond acceptors (Lipinski definition) is 8. The third kappa shape index (κ3) is 5.14. The molecular weight excluding hydrogens is 444 g/mol. The first kappa shape index (κ1) is 22.4. The standard InChI is InChI=1S/C23H24N4O3S2/c1-14(21(28)25-22-18(13-24)17-6-4-3-5-7-19(17)32-22)31-23-27-26-20(30-23)12-15-8-10-16(29-2)11-9-15/h8-11,14H,3-7,12H2,1-2H3,(H,25,28)/t14-/m0/s1. The Balaban J connectivity index is 1.38. The highest BCUT2D eigenvalue weighted by molar-refractivity contribution is 8.00. The fraction of sp³-hybridized carbons (Fsp3) is 0.391. The summed E-state index contributed by atoms with van der Waals surface area (Å²) in [6.45, 7) is 1.79. The van der Waals surface area contributed by atoms with Crippen molar-refractivity contribution in [3.05, 3.63) is 51.7 Å². The molecular formula is C23H24N4O3S2. The number of nitrogens with one attached hydrogen (secondary N) is 1. The summed E-state index contributed by atoms with van der Waals surface area (Å²) in [5.41, 5.74) is 2.76. The van der Waals surface area contributed by atoms with Crippen molar-refractivity contribution < 1.29 is 13.9 Å². The molecule has 1 aromatic carbocycles. The zero-order valence-electron chi connectivity index (χ0n) is 18.0. The number of rotatable bonds is 7. The number of methoxy groups -OCH3 is 1. The summed E-state index contributed by atoms with van der Waals surface area (Å²) in [5.74, 6) is 1.09. The van der Waals surface area contributed by atoms with E-state index in [1.807, 2.05) is 24.3 Å². The molecule has 1 amide bonds. The Labute approximate surface area is 195 Å². The zero-order chi connectivity index (χ0) is 22.5. The van der Waals surface area contributed by atoms with Gasteiger partial charge >= 0.3 is 0 Å². The van der Waals surface area contributed by atoms with E-state index in [-0.39, 0.29) is 5.91 Å². The zero-order valence-corrected chi connectivity index (χ0v) is 19.6. The van der Waals surface area contributed by atoms with Gasteiger partial charge in [-0.1, -0.05) is 30.3 Å². The van der Waals surface area contributed by atoms with Crippen LogP contribution in [0.3, 0.4) is 0 Å². The molecule has 4 rings (SSSR count). The molecule has 2 aromatic heterocycles. The lowest BCUT2D eigenvalue weighted by molar-refractivity contribution is -0.115. The van der Waals surface area contributed by atoms with E-state index in [9.17, 15) is 10.1 Å². The molecule has 166 valence electrons. The number of anilines is 1. The number of ether oxygens (including phenoxy) is 1. The second kappa shape index (κ2) is 10.2. The highest BCUT2D eigenvalue weighted by Gasteiger charge is 2.24. The second-order valence-corrected chi connectivity index (χ2v) is 10.0. The van der Waals surface area contributed by atoms with Gasteiger partial charge in [0.2, 0.25) is 11.8 Å². The maximum absolute atomic E-state index is 12.8. The highest BCUT2D eigenvalue weighted by Crippen LogP contribution is 2.37. The van der Waals surface area contributed by atoms with Crippen LogP contribution in [-0.4, -0.2) is 28.5 Å². The van der Waals surface area contributed by atoms with Crippen LogP contribution in [0.15, 0.2) is 33.9 Å². The number of benzene rings is 1. The van der Waals surface area contributed by atoms with E-state index in [0.29, 0.717) is 28.1 Å². The van der Waals surface area contributed by atoms with Crippen LogP contribution in [0, 0.1) is 11.3 Å². The van der Waals surface area contributed by atoms with Crippen LogP contribution in [0.4, 0.5) is 5.00 Å². The summed E-state index contributed by atoms with van der Waals surface area (Å²) in [4.78, 5) is 14.0. The van der Waals surface area contributed by atoms with Gasteiger partial charge in [0.15, 0.2) is 0 Å². The number of thiophene rings is 1. The van der Waals surface area contributed by atoms with E-state index in [4.69, 9.17) is 9.15 Å². The number of nitriles is 1. The van der Waals surface area contributed by atoms with Crippen molar-refractivity contribution in [3.63, 3.8) is 0 Å². The van der Waals surface area contributed by atoms with Gasteiger partial charge in [-0.15, -0.1) is 21.5 Å². The number of carbonyl (C=O) groups is 1. The minimum absolute atomic E-state index is 0.183. The van der Waals surface area contributed by atoms with Gasteiger partial charge in [0, 0.05) is 4.88 Å². The van der Waals surface area contributed by atoms with Crippen LogP contribution in [0.1, 0.15) is 53.6 Å². The van der Waals surface area contributed by atoms with Crippen molar-refractivity contribution in [1.29, 1.82) is 5.26 Å². The Kier molecular flexibility index (Phi) is 7.12. The van der Waals surface area contributed by atoms with Gasteiger partial charge in [0.1, 0.15) is 16.8 Å². The molecule has 9 heteroatoms. The van der Waals surface area contributed by atoms with Gasteiger partial charge in [-0.05, 0) is 55.9 Å². The Morgan fingerprint density at radius 1 is 1.28 bits per heavy atom. The minimum atomic E-state index is -0.447. The number of fused-ring (bicyclic) bond motifs is 1. The normalized spacial score (nSPS) is 14.2. The smallest absolute Gasteiger partial charge is 0.277 e. The minimum Gasteiger partial charge on any atom is -0.497 e. The summed E-state index contributed by atoms with van der Waals surface area (Å²) < 4.78 is 10.9. The number of thioether (sulfide) groups is 1. The third-order valence-corrected chi connectivity index (χ3v) is 7.52. The topological polar surface area (TPSA) is 101 Å². The van der Waals surface area contributed by atoms with E-state index in [1.165, 1.54) is 34.4 Å². The quantitative estimate of drug-likeness (QED) is 0.385. The SMILES string of the molecule is COc1ccc(Cc2nnc(S[C@@H](C)C(=O)Nc3sc4c(c3C#N)CCCCC4)o2)cc1.